The summed E-state index contributed by atoms with van der Waals surface area (Å²) in [6, 6.07) is 0. The van der Waals surface area contributed by atoms with E-state index in [1.165, 1.54) is 13.7 Å². The molecule has 3 aliphatic carbocycles. The van der Waals surface area contributed by atoms with Gasteiger partial charge in [-0.05, 0) is 57.8 Å². The van der Waals surface area contributed by atoms with Crippen molar-refractivity contribution in [2.75, 3.05) is 19.6 Å². The number of aromatic nitrogens is 3. The number of carbonyl (C=O) groups excluding carboxylic acids is 3. The lowest BCUT2D eigenvalue weighted by Crippen LogP contribution is -2.68. The maximum atomic E-state index is 14.7. The number of isocyanates is 3. The number of hydrogen-bond acceptors (Lipinski definition) is 9. The van der Waals surface area contributed by atoms with Crippen LogP contribution < -0.4 is 17.1 Å². The van der Waals surface area contributed by atoms with E-state index in [4.69, 9.17) is 0 Å². The SMILES string of the molecule is O=C=NCCC1(n2c(=O)n(C3(CCN=C=O)CCCCC3)c(=O)n(C3(CCN=C=O)CCCCC3)c2=O)CCCCC1. The number of nitrogens with zero attached hydrogens (tertiary/aromatic N) is 6. The Balaban J connectivity index is 2.08. The van der Waals surface area contributed by atoms with Crippen LogP contribution in [0, 0.1) is 0 Å². The van der Waals surface area contributed by atoms with Crippen molar-refractivity contribution in [3.63, 3.8) is 0 Å². The van der Waals surface area contributed by atoms with Gasteiger partial charge in [0.05, 0.1) is 36.3 Å². The normalized spacial score (nSPS) is 20.9. The Labute approximate surface area is 244 Å². The van der Waals surface area contributed by atoms with E-state index in [-0.39, 0.29) is 19.6 Å². The van der Waals surface area contributed by atoms with Crippen molar-refractivity contribution in [2.45, 2.75) is 132 Å². The van der Waals surface area contributed by atoms with Crippen molar-refractivity contribution in [3.05, 3.63) is 31.5 Å². The minimum Gasteiger partial charge on any atom is -0.247 e. The van der Waals surface area contributed by atoms with Crippen LogP contribution in [0.1, 0.15) is 116 Å². The molecular formula is C30H42N6O6. The van der Waals surface area contributed by atoms with Crippen LogP contribution in [-0.4, -0.2) is 51.6 Å². The third-order valence-corrected chi connectivity index (χ3v) is 10.2. The van der Waals surface area contributed by atoms with Gasteiger partial charge in [0, 0.05) is 0 Å². The zero-order chi connectivity index (χ0) is 30.1. The summed E-state index contributed by atoms with van der Waals surface area (Å²) in [5.41, 5.74) is -4.61. The van der Waals surface area contributed by atoms with Crippen LogP contribution >= 0.6 is 0 Å². The maximum Gasteiger partial charge on any atom is 0.337 e. The molecule has 3 aliphatic rings. The Bertz CT molecular complexity index is 1220. The van der Waals surface area contributed by atoms with E-state index in [1.807, 2.05) is 0 Å². The largest absolute Gasteiger partial charge is 0.337 e. The monoisotopic (exact) mass is 582 g/mol. The van der Waals surface area contributed by atoms with Crippen LogP contribution in [0.25, 0.3) is 0 Å². The lowest BCUT2D eigenvalue weighted by Gasteiger charge is -2.44. The van der Waals surface area contributed by atoms with Crippen molar-refractivity contribution in [3.8, 4) is 0 Å². The summed E-state index contributed by atoms with van der Waals surface area (Å²) in [7, 11) is 0. The van der Waals surface area contributed by atoms with Crippen molar-refractivity contribution in [1.29, 1.82) is 0 Å². The second-order valence-electron chi connectivity index (χ2n) is 12.4. The Morgan fingerprint density at radius 3 is 0.905 bits per heavy atom. The van der Waals surface area contributed by atoms with E-state index in [2.05, 4.69) is 15.0 Å². The van der Waals surface area contributed by atoms with E-state index in [1.54, 1.807) is 18.2 Å². The van der Waals surface area contributed by atoms with Gasteiger partial charge in [-0.25, -0.2) is 57.4 Å². The van der Waals surface area contributed by atoms with E-state index >= 15 is 0 Å². The first-order valence-electron chi connectivity index (χ1n) is 15.5. The molecule has 0 amide bonds. The molecule has 0 aliphatic heterocycles. The van der Waals surface area contributed by atoms with Gasteiger partial charge in [0.2, 0.25) is 18.2 Å². The zero-order valence-corrected chi connectivity index (χ0v) is 24.5. The molecule has 0 bridgehead atoms. The summed E-state index contributed by atoms with van der Waals surface area (Å²) >= 11 is 0. The molecule has 0 N–H and O–H groups in total. The van der Waals surface area contributed by atoms with Crippen molar-refractivity contribution in [2.24, 2.45) is 15.0 Å². The third-order valence-electron chi connectivity index (χ3n) is 10.2. The van der Waals surface area contributed by atoms with Crippen LogP contribution in [0.5, 0.6) is 0 Å². The molecule has 0 atom stereocenters. The third kappa shape index (κ3) is 6.17. The Morgan fingerprint density at radius 2 is 0.690 bits per heavy atom. The molecule has 0 radical (unpaired) electrons. The van der Waals surface area contributed by atoms with Crippen molar-refractivity contribution in [1.82, 2.24) is 13.7 Å². The highest BCUT2D eigenvalue weighted by Gasteiger charge is 2.46. The fraction of sp³-hybridized carbons (Fsp3) is 0.800. The maximum absolute atomic E-state index is 14.7. The number of hydrogen-bond donors (Lipinski definition) is 0. The van der Waals surface area contributed by atoms with Gasteiger partial charge >= 0.3 is 17.1 Å². The van der Waals surface area contributed by atoms with Crippen LogP contribution in [-0.2, 0) is 31.0 Å². The van der Waals surface area contributed by atoms with Gasteiger partial charge in [-0.1, -0.05) is 57.8 Å². The van der Waals surface area contributed by atoms with Gasteiger partial charge in [0.25, 0.3) is 0 Å². The van der Waals surface area contributed by atoms with Gasteiger partial charge in [0.1, 0.15) is 0 Å². The summed E-state index contributed by atoms with van der Waals surface area (Å²) in [6.45, 7) is 0.354. The molecule has 42 heavy (non-hydrogen) atoms. The first-order valence-corrected chi connectivity index (χ1v) is 15.5. The highest BCUT2D eigenvalue weighted by molar-refractivity contribution is 5.33. The fourth-order valence-corrected chi connectivity index (χ4v) is 8.08. The van der Waals surface area contributed by atoms with E-state index in [0.717, 1.165) is 57.8 Å². The first kappa shape index (κ1) is 31.5. The summed E-state index contributed by atoms with van der Waals surface area (Å²) in [6.07, 6.45) is 16.7. The van der Waals surface area contributed by atoms with Crippen molar-refractivity contribution >= 4 is 18.2 Å². The molecule has 0 unspecified atom stereocenters. The predicted octanol–water partition coefficient (Wildman–Crippen LogP) is 3.33. The topological polar surface area (TPSA) is 154 Å². The van der Waals surface area contributed by atoms with Gasteiger partial charge in [-0.15, -0.1) is 0 Å². The van der Waals surface area contributed by atoms with Gasteiger partial charge in [-0.2, -0.15) is 0 Å². The molecule has 4 rings (SSSR count). The molecule has 0 aromatic carbocycles. The molecule has 0 saturated heterocycles. The molecular weight excluding hydrogens is 540 g/mol. The lowest BCUT2D eigenvalue weighted by atomic mass is 9.77. The average Bonchev–Trinajstić information content (AvgIpc) is 2.99. The number of rotatable bonds is 12. The Morgan fingerprint density at radius 1 is 0.452 bits per heavy atom. The molecule has 3 fully saturated rings. The standard InChI is InChI=1S/C30H42N6O6/c37-22-31-19-16-28(10-4-1-5-11-28)34-25(40)35(29(17-20-32-23-38)12-6-2-7-13-29)27(42)36(26(34)41)30(18-21-33-24-39)14-8-3-9-15-30/h1-21H2. The summed E-state index contributed by atoms with van der Waals surface area (Å²) in [5, 5.41) is 0. The molecule has 1 aromatic heterocycles. The van der Waals surface area contributed by atoms with Crippen LogP contribution in [0.4, 0.5) is 0 Å². The minimum absolute atomic E-state index is 0.118. The smallest absolute Gasteiger partial charge is 0.247 e. The molecule has 1 aromatic rings. The summed E-state index contributed by atoms with van der Waals surface area (Å²) in [5.74, 6) is 0. The predicted molar refractivity (Wildman–Crippen MR) is 155 cm³/mol. The Kier molecular flexibility index (Phi) is 10.6. The summed E-state index contributed by atoms with van der Waals surface area (Å²) in [4.78, 5) is 88.4. The van der Waals surface area contributed by atoms with Gasteiger partial charge < -0.3 is 0 Å². The lowest BCUT2D eigenvalue weighted by molar-refractivity contribution is 0.0951. The molecule has 228 valence electrons. The molecule has 1 heterocycles. The van der Waals surface area contributed by atoms with E-state index in [0.29, 0.717) is 57.8 Å². The molecule has 12 nitrogen and oxygen atoms in total. The first-order chi connectivity index (χ1) is 20.4. The Hall–Kier alpha value is -3.45. The minimum atomic E-state index is -0.905. The number of aliphatic imine (C=N–C) groups is 3. The van der Waals surface area contributed by atoms with E-state index < -0.39 is 33.7 Å². The van der Waals surface area contributed by atoms with E-state index in [9.17, 15) is 28.8 Å². The zero-order valence-electron chi connectivity index (χ0n) is 24.5. The fourth-order valence-electron chi connectivity index (χ4n) is 8.08. The highest BCUT2D eigenvalue weighted by atomic mass is 16.2. The van der Waals surface area contributed by atoms with Gasteiger partial charge in [-0.3, -0.25) is 0 Å². The van der Waals surface area contributed by atoms with Crippen molar-refractivity contribution < 1.29 is 14.4 Å². The van der Waals surface area contributed by atoms with Crippen LogP contribution in [0.3, 0.4) is 0 Å². The summed E-state index contributed by atoms with van der Waals surface area (Å²) < 4.78 is 3.98. The second kappa shape index (κ2) is 14.1. The molecule has 3 saturated carbocycles. The second-order valence-corrected chi connectivity index (χ2v) is 12.4. The van der Waals surface area contributed by atoms with Crippen LogP contribution in [0.2, 0.25) is 0 Å². The van der Waals surface area contributed by atoms with Crippen LogP contribution in [0.15, 0.2) is 29.4 Å². The average molecular weight is 583 g/mol. The van der Waals surface area contributed by atoms with Gasteiger partial charge in [0.15, 0.2) is 0 Å². The molecule has 0 spiro atoms. The quantitative estimate of drug-likeness (QED) is 0.272. The molecule has 12 heteroatoms. The highest BCUT2D eigenvalue weighted by Crippen LogP contribution is 2.40.